The second kappa shape index (κ2) is 12.4. The maximum Gasteiger partial charge on any atom is 0.251 e. The van der Waals surface area contributed by atoms with E-state index in [4.69, 9.17) is 5.73 Å². The predicted molar refractivity (Wildman–Crippen MR) is 129 cm³/mol. The molecule has 4 N–H and O–H groups in total. The number of aliphatic imine (C=N–C) groups is 1. The van der Waals surface area contributed by atoms with Crippen LogP contribution in [0.5, 0.6) is 0 Å². The molecule has 0 saturated carbocycles. The van der Waals surface area contributed by atoms with Crippen molar-refractivity contribution in [1.82, 2.24) is 5.32 Å². The zero-order chi connectivity index (χ0) is 19.6. The second-order valence-electron chi connectivity index (χ2n) is 6.44. The lowest BCUT2D eigenvalue weighted by molar-refractivity contribution is 0.0953. The second-order valence-corrected chi connectivity index (χ2v) is 6.44. The minimum atomic E-state index is -0.0572. The fourth-order valence-electron chi connectivity index (χ4n) is 2.90. The molecule has 0 radical (unpaired) electrons. The summed E-state index contributed by atoms with van der Waals surface area (Å²) in [6, 6.07) is 13.8. The van der Waals surface area contributed by atoms with Crippen LogP contribution >= 0.6 is 24.0 Å². The average molecular weight is 494 g/mol. The number of anilines is 1. The van der Waals surface area contributed by atoms with E-state index >= 15 is 0 Å². The third kappa shape index (κ3) is 6.82. The lowest BCUT2D eigenvalue weighted by Crippen LogP contribution is -2.24. The van der Waals surface area contributed by atoms with Crippen molar-refractivity contribution in [3.8, 4) is 0 Å². The normalized spacial score (nSPS) is 10.9. The number of rotatable bonds is 8. The van der Waals surface area contributed by atoms with Crippen molar-refractivity contribution in [3.05, 3.63) is 64.7 Å². The highest BCUT2D eigenvalue weighted by Crippen LogP contribution is 2.22. The number of hydrogen-bond acceptors (Lipinski definition) is 2. The summed E-state index contributed by atoms with van der Waals surface area (Å²) >= 11 is 0. The fraction of sp³-hybridized carbons (Fsp3) is 0.364. The van der Waals surface area contributed by atoms with Gasteiger partial charge in [0.2, 0.25) is 0 Å². The molecule has 0 aliphatic rings. The van der Waals surface area contributed by atoms with Gasteiger partial charge in [-0.1, -0.05) is 51.1 Å². The summed E-state index contributed by atoms with van der Waals surface area (Å²) in [6.45, 7) is 7.38. The Kier molecular flexibility index (Phi) is 10.6. The number of para-hydroxylation sites is 1. The minimum Gasteiger partial charge on any atom is -0.370 e. The Balaban J connectivity index is 0.00000392. The molecule has 5 nitrogen and oxygen atoms in total. The zero-order valence-corrected chi connectivity index (χ0v) is 19.2. The molecule has 0 spiro atoms. The smallest absolute Gasteiger partial charge is 0.251 e. The van der Waals surface area contributed by atoms with Gasteiger partial charge in [-0.2, -0.15) is 0 Å². The Bertz CT molecular complexity index is 783. The van der Waals surface area contributed by atoms with Gasteiger partial charge >= 0.3 is 0 Å². The zero-order valence-electron chi connectivity index (χ0n) is 16.9. The highest BCUT2D eigenvalue weighted by molar-refractivity contribution is 14.0. The van der Waals surface area contributed by atoms with Crippen LogP contribution in [0.3, 0.4) is 0 Å². The summed E-state index contributed by atoms with van der Waals surface area (Å²) in [7, 11) is 0. The number of aryl methyl sites for hydroxylation is 2. The molecule has 2 aromatic carbocycles. The molecule has 2 rings (SSSR count). The van der Waals surface area contributed by atoms with Gasteiger partial charge in [-0.15, -0.1) is 24.0 Å². The van der Waals surface area contributed by atoms with Crippen LogP contribution < -0.4 is 16.4 Å². The standard InChI is InChI=1S/C22H30N4O.HI/c1-4-13-24-21(27)19-12-7-9-16(14-19)15-25-22(23)26-20-17(5-2)10-8-11-18(20)6-3;/h7-12,14H,4-6,13,15H2,1-3H3,(H,24,27)(H3,23,25,26);1H. The highest BCUT2D eigenvalue weighted by atomic mass is 127. The monoisotopic (exact) mass is 494 g/mol. The number of nitrogens with zero attached hydrogens (tertiary/aromatic N) is 1. The van der Waals surface area contributed by atoms with Gasteiger partial charge in [-0.25, -0.2) is 4.99 Å². The first-order valence-electron chi connectivity index (χ1n) is 9.63. The number of benzene rings is 2. The number of nitrogens with two attached hydrogens (primary N) is 1. The van der Waals surface area contributed by atoms with Crippen molar-refractivity contribution in [2.75, 3.05) is 11.9 Å². The van der Waals surface area contributed by atoms with Crippen molar-refractivity contribution in [2.45, 2.75) is 46.6 Å². The molecule has 0 saturated heterocycles. The molecule has 28 heavy (non-hydrogen) atoms. The molecular weight excluding hydrogens is 463 g/mol. The quantitative estimate of drug-likeness (QED) is 0.287. The largest absolute Gasteiger partial charge is 0.370 e. The Morgan fingerprint density at radius 2 is 1.68 bits per heavy atom. The molecule has 0 unspecified atom stereocenters. The summed E-state index contributed by atoms with van der Waals surface area (Å²) in [5, 5.41) is 6.15. The maximum atomic E-state index is 12.1. The van der Waals surface area contributed by atoms with Gasteiger partial charge < -0.3 is 16.4 Å². The van der Waals surface area contributed by atoms with Crippen LogP contribution in [0, 0.1) is 0 Å². The van der Waals surface area contributed by atoms with Crippen LogP contribution in [0.15, 0.2) is 47.5 Å². The number of carbonyl (C=O) groups excluding carboxylic acids is 1. The SMILES string of the molecule is CCCNC(=O)c1cccc(CN=C(N)Nc2c(CC)cccc2CC)c1.I. The van der Waals surface area contributed by atoms with Crippen molar-refractivity contribution >= 4 is 41.5 Å². The molecule has 2 aromatic rings. The van der Waals surface area contributed by atoms with Crippen LogP contribution in [-0.4, -0.2) is 18.4 Å². The number of carbonyl (C=O) groups is 1. The predicted octanol–water partition coefficient (Wildman–Crippen LogP) is 4.50. The lowest BCUT2D eigenvalue weighted by Gasteiger charge is -2.15. The lowest BCUT2D eigenvalue weighted by atomic mass is 10.0. The van der Waals surface area contributed by atoms with Gasteiger partial charge in [0.1, 0.15) is 0 Å². The van der Waals surface area contributed by atoms with Gasteiger partial charge in [-0.3, -0.25) is 4.79 Å². The first-order chi connectivity index (χ1) is 13.1. The Hall–Kier alpha value is -2.09. The van der Waals surface area contributed by atoms with Gasteiger partial charge in [0.05, 0.1) is 6.54 Å². The summed E-state index contributed by atoms with van der Waals surface area (Å²) in [5.41, 5.74) is 11.2. The summed E-state index contributed by atoms with van der Waals surface area (Å²) in [5.74, 6) is 0.324. The fourth-order valence-corrected chi connectivity index (χ4v) is 2.90. The van der Waals surface area contributed by atoms with E-state index in [-0.39, 0.29) is 29.9 Å². The molecule has 0 aliphatic heterocycles. The van der Waals surface area contributed by atoms with Crippen LogP contribution in [0.4, 0.5) is 5.69 Å². The molecule has 0 aliphatic carbocycles. The minimum absolute atomic E-state index is 0. The Morgan fingerprint density at radius 1 is 1.04 bits per heavy atom. The van der Waals surface area contributed by atoms with Gasteiger partial charge in [-0.05, 0) is 48.1 Å². The highest BCUT2D eigenvalue weighted by Gasteiger charge is 2.08. The number of nitrogens with one attached hydrogen (secondary N) is 2. The Labute approximate surface area is 185 Å². The molecule has 0 bridgehead atoms. The van der Waals surface area contributed by atoms with Crippen LogP contribution in [-0.2, 0) is 19.4 Å². The summed E-state index contributed by atoms with van der Waals surface area (Å²) < 4.78 is 0. The molecule has 0 fully saturated rings. The molecule has 0 aromatic heterocycles. The molecule has 152 valence electrons. The molecule has 0 heterocycles. The average Bonchev–Trinajstić information content (AvgIpc) is 2.70. The van der Waals surface area contributed by atoms with Crippen molar-refractivity contribution in [3.63, 3.8) is 0 Å². The number of guanidine groups is 1. The number of halogens is 1. The van der Waals surface area contributed by atoms with E-state index in [2.05, 4.69) is 47.7 Å². The topological polar surface area (TPSA) is 79.5 Å². The first-order valence-corrected chi connectivity index (χ1v) is 9.63. The van der Waals surface area contributed by atoms with E-state index < -0.39 is 0 Å². The van der Waals surface area contributed by atoms with Crippen LogP contribution in [0.2, 0.25) is 0 Å². The number of amides is 1. The summed E-state index contributed by atoms with van der Waals surface area (Å²) in [6.07, 6.45) is 2.77. The summed E-state index contributed by atoms with van der Waals surface area (Å²) in [4.78, 5) is 16.5. The number of hydrogen-bond donors (Lipinski definition) is 3. The first kappa shape index (κ1) is 23.9. The third-order valence-corrected chi connectivity index (χ3v) is 4.41. The van der Waals surface area contributed by atoms with E-state index in [1.807, 2.05) is 31.2 Å². The van der Waals surface area contributed by atoms with E-state index in [0.717, 1.165) is 30.5 Å². The maximum absolute atomic E-state index is 12.1. The molecule has 1 amide bonds. The van der Waals surface area contributed by atoms with Crippen LogP contribution in [0.25, 0.3) is 0 Å². The van der Waals surface area contributed by atoms with E-state index in [0.29, 0.717) is 24.6 Å². The van der Waals surface area contributed by atoms with E-state index in [1.165, 1.54) is 11.1 Å². The van der Waals surface area contributed by atoms with Crippen molar-refractivity contribution in [1.29, 1.82) is 0 Å². The molecule has 0 atom stereocenters. The molecular formula is C22H31IN4O. The van der Waals surface area contributed by atoms with E-state index in [9.17, 15) is 4.79 Å². The van der Waals surface area contributed by atoms with Gasteiger partial charge in [0.25, 0.3) is 5.91 Å². The van der Waals surface area contributed by atoms with E-state index in [1.54, 1.807) is 0 Å². The van der Waals surface area contributed by atoms with Gasteiger partial charge in [0, 0.05) is 17.8 Å². The van der Waals surface area contributed by atoms with Gasteiger partial charge in [0.15, 0.2) is 5.96 Å². The molecule has 6 heteroatoms. The Morgan fingerprint density at radius 3 is 2.29 bits per heavy atom. The third-order valence-electron chi connectivity index (χ3n) is 4.41. The van der Waals surface area contributed by atoms with Crippen molar-refractivity contribution < 1.29 is 4.79 Å². The van der Waals surface area contributed by atoms with Crippen LogP contribution in [0.1, 0.15) is 54.2 Å². The van der Waals surface area contributed by atoms with Crippen molar-refractivity contribution in [2.24, 2.45) is 10.7 Å².